The van der Waals surface area contributed by atoms with E-state index in [0.29, 0.717) is 44.0 Å². The molecule has 1 unspecified atom stereocenters. The van der Waals surface area contributed by atoms with Crippen LogP contribution in [0.1, 0.15) is 44.6 Å². The molecular formula is C25H33ClF3N3O4. The van der Waals surface area contributed by atoms with Crippen LogP contribution in [0.2, 0.25) is 5.02 Å². The molecule has 0 aromatic heterocycles. The molecule has 11 heteroatoms. The summed E-state index contributed by atoms with van der Waals surface area (Å²) < 4.78 is 42.9. The van der Waals surface area contributed by atoms with Gasteiger partial charge in [-0.15, -0.1) is 0 Å². The number of carboxylic acids is 1. The molecular weight excluding hydrogens is 499 g/mol. The Morgan fingerprint density at radius 3 is 2.39 bits per heavy atom. The fourth-order valence-corrected chi connectivity index (χ4v) is 5.72. The zero-order valence-electron chi connectivity index (χ0n) is 20.4. The van der Waals surface area contributed by atoms with E-state index >= 15 is 0 Å². The second-order valence-corrected chi connectivity index (χ2v) is 10.8. The molecule has 1 atom stereocenters. The third-order valence-electron chi connectivity index (χ3n) is 7.98. The van der Waals surface area contributed by atoms with Gasteiger partial charge >= 0.3 is 18.2 Å². The molecule has 3 saturated heterocycles. The lowest BCUT2D eigenvalue weighted by Crippen LogP contribution is -2.43. The van der Waals surface area contributed by atoms with Crippen molar-refractivity contribution in [2.75, 3.05) is 44.2 Å². The number of amides is 1. The number of likely N-dealkylation sites (tertiary alicyclic amines) is 2. The van der Waals surface area contributed by atoms with Crippen molar-refractivity contribution < 1.29 is 32.6 Å². The summed E-state index contributed by atoms with van der Waals surface area (Å²) in [4.78, 5) is 29.5. The number of hydrogen-bond donors (Lipinski definition) is 1. The average molecular weight is 532 g/mol. The molecule has 0 aliphatic carbocycles. The molecule has 3 aliphatic heterocycles. The molecule has 0 bridgehead atoms. The Morgan fingerprint density at radius 1 is 1.14 bits per heavy atom. The van der Waals surface area contributed by atoms with E-state index in [4.69, 9.17) is 11.6 Å². The average Bonchev–Trinajstić information content (AvgIpc) is 3.25. The maximum Gasteiger partial charge on any atom is 0.425 e. The number of halogens is 4. The minimum Gasteiger partial charge on any atom is -0.481 e. The number of ether oxygens (including phenoxy) is 1. The van der Waals surface area contributed by atoms with E-state index < -0.39 is 24.3 Å². The van der Waals surface area contributed by atoms with Gasteiger partial charge in [0.2, 0.25) is 0 Å². The topological polar surface area (TPSA) is 73.3 Å². The van der Waals surface area contributed by atoms with Crippen molar-refractivity contribution in [2.45, 2.75) is 57.9 Å². The first kappa shape index (κ1) is 26.9. The molecule has 7 nitrogen and oxygen atoms in total. The Hall–Kier alpha value is -2.20. The highest BCUT2D eigenvalue weighted by molar-refractivity contribution is 6.30. The molecule has 0 radical (unpaired) electrons. The Balaban J connectivity index is 1.32. The molecule has 1 aromatic rings. The summed E-state index contributed by atoms with van der Waals surface area (Å²) in [5.74, 6) is -1.04. The van der Waals surface area contributed by atoms with Crippen molar-refractivity contribution >= 4 is 29.4 Å². The Kier molecular flexibility index (Phi) is 7.95. The van der Waals surface area contributed by atoms with Crippen molar-refractivity contribution in [1.82, 2.24) is 9.80 Å². The Morgan fingerprint density at radius 2 is 1.78 bits per heavy atom. The molecule has 1 spiro atoms. The normalized spacial score (nSPS) is 22.1. The number of benzene rings is 1. The lowest BCUT2D eigenvalue weighted by molar-refractivity contribution is -0.199. The van der Waals surface area contributed by atoms with Gasteiger partial charge in [-0.05, 0) is 75.2 Å². The van der Waals surface area contributed by atoms with Gasteiger partial charge in [0.15, 0.2) is 6.10 Å². The third kappa shape index (κ3) is 6.19. The van der Waals surface area contributed by atoms with Crippen LogP contribution in [0.5, 0.6) is 0 Å². The van der Waals surface area contributed by atoms with Crippen LogP contribution in [0.25, 0.3) is 0 Å². The van der Waals surface area contributed by atoms with Crippen LogP contribution in [0.15, 0.2) is 18.2 Å². The fraction of sp³-hybridized carbons (Fsp3) is 0.680. The number of rotatable bonds is 5. The summed E-state index contributed by atoms with van der Waals surface area (Å²) in [5.41, 5.74) is 2.10. The Bertz CT molecular complexity index is 960. The molecule has 3 fully saturated rings. The number of carbonyl (C=O) groups is 2. The summed E-state index contributed by atoms with van der Waals surface area (Å²) in [6.45, 7) is 5.42. The quantitative estimate of drug-likeness (QED) is 0.575. The molecule has 36 heavy (non-hydrogen) atoms. The van der Waals surface area contributed by atoms with Gasteiger partial charge in [0.05, 0.1) is 5.92 Å². The van der Waals surface area contributed by atoms with E-state index in [1.807, 2.05) is 18.2 Å². The van der Waals surface area contributed by atoms with Gasteiger partial charge in [0, 0.05) is 43.4 Å². The monoisotopic (exact) mass is 531 g/mol. The van der Waals surface area contributed by atoms with Crippen LogP contribution in [0.3, 0.4) is 0 Å². The summed E-state index contributed by atoms with van der Waals surface area (Å²) in [5, 5.41) is 9.94. The molecule has 0 saturated carbocycles. The first-order valence-electron chi connectivity index (χ1n) is 12.5. The van der Waals surface area contributed by atoms with Crippen LogP contribution in [-0.4, -0.2) is 78.5 Å². The number of piperidine rings is 2. The maximum atomic E-state index is 12.7. The zero-order chi connectivity index (χ0) is 26.1. The second-order valence-electron chi connectivity index (χ2n) is 10.4. The molecule has 1 aromatic carbocycles. The van der Waals surface area contributed by atoms with Gasteiger partial charge in [-0.3, -0.25) is 9.69 Å². The van der Waals surface area contributed by atoms with Crippen LogP contribution in [-0.2, 0) is 16.1 Å². The summed E-state index contributed by atoms with van der Waals surface area (Å²) in [6.07, 6.45) is -3.88. The number of carboxylic acid groups (broad SMARTS) is 1. The van der Waals surface area contributed by atoms with Crippen molar-refractivity contribution in [3.05, 3.63) is 28.8 Å². The van der Waals surface area contributed by atoms with Crippen molar-refractivity contribution in [3.63, 3.8) is 0 Å². The zero-order valence-corrected chi connectivity index (χ0v) is 21.2. The van der Waals surface area contributed by atoms with Gasteiger partial charge < -0.3 is 19.6 Å². The van der Waals surface area contributed by atoms with Crippen molar-refractivity contribution in [3.8, 4) is 0 Å². The van der Waals surface area contributed by atoms with Crippen molar-refractivity contribution in [2.24, 2.45) is 11.3 Å². The smallest absolute Gasteiger partial charge is 0.425 e. The third-order valence-corrected chi connectivity index (χ3v) is 8.21. The van der Waals surface area contributed by atoms with Gasteiger partial charge in [-0.25, -0.2) is 4.79 Å². The lowest BCUT2D eigenvalue weighted by atomic mass is 9.77. The predicted octanol–water partition coefficient (Wildman–Crippen LogP) is 5.02. The number of hydrogen-bond acceptors (Lipinski definition) is 5. The van der Waals surface area contributed by atoms with Gasteiger partial charge in [0.1, 0.15) is 0 Å². The van der Waals surface area contributed by atoms with Gasteiger partial charge in [-0.1, -0.05) is 17.7 Å². The first-order valence-corrected chi connectivity index (χ1v) is 12.8. The van der Waals surface area contributed by atoms with E-state index in [1.54, 1.807) is 0 Å². The Labute approximate surface area is 214 Å². The molecule has 3 heterocycles. The summed E-state index contributed by atoms with van der Waals surface area (Å²) in [6, 6.07) is 5.85. The van der Waals surface area contributed by atoms with E-state index in [9.17, 15) is 27.9 Å². The molecule has 1 amide bonds. The largest absolute Gasteiger partial charge is 0.481 e. The van der Waals surface area contributed by atoms with Crippen LogP contribution in [0.4, 0.5) is 23.7 Å². The molecule has 1 N–H and O–H groups in total. The van der Waals surface area contributed by atoms with Crippen LogP contribution >= 0.6 is 11.6 Å². The lowest BCUT2D eigenvalue weighted by Gasteiger charge is -2.40. The van der Waals surface area contributed by atoms with E-state index in [2.05, 4.69) is 14.5 Å². The van der Waals surface area contributed by atoms with Gasteiger partial charge in [0.25, 0.3) is 0 Å². The standard InChI is InChI=1S/C25H33ClF3N3O4/c1-17(25(27,28)29)36-23(35)32-13-8-24(16-32)6-11-30(12-7-24)15-19-2-3-20(26)14-21(19)31-9-4-18(5-10-31)22(33)34/h2-3,14,17-18H,4-13,15-16H2,1H3,(H,33,34). The number of anilines is 1. The van der Waals surface area contributed by atoms with E-state index in [1.165, 1.54) is 4.90 Å². The summed E-state index contributed by atoms with van der Waals surface area (Å²) >= 11 is 6.30. The SMILES string of the molecule is CC(OC(=O)N1CCC2(CCN(Cc3ccc(Cl)cc3N3CCC(C(=O)O)CC3)CC2)C1)C(F)(F)F. The predicted molar refractivity (Wildman–Crippen MR) is 129 cm³/mol. The van der Waals surface area contributed by atoms with Gasteiger partial charge in [-0.2, -0.15) is 13.2 Å². The second kappa shape index (κ2) is 10.7. The summed E-state index contributed by atoms with van der Waals surface area (Å²) in [7, 11) is 0. The van der Waals surface area contributed by atoms with Crippen molar-refractivity contribution in [1.29, 1.82) is 0 Å². The minimum atomic E-state index is -4.56. The number of aliphatic carboxylic acids is 1. The maximum absolute atomic E-state index is 12.7. The number of nitrogens with zero attached hydrogens (tertiary/aromatic N) is 3. The highest BCUT2D eigenvalue weighted by Crippen LogP contribution is 2.41. The van der Waals surface area contributed by atoms with E-state index in [0.717, 1.165) is 57.1 Å². The van der Waals surface area contributed by atoms with Crippen LogP contribution in [0, 0.1) is 11.3 Å². The highest BCUT2D eigenvalue weighted by Gasteiger charge is 2.45. The minimum absolute atomic E-state index is 0.0848. The first-order chi connectivity index (χ1) is 17.0. The van der Waals surface area contributed by atoms with E-state index in [-0.39, 0.29) is 11.3 Å². The van der Waals surface area contributed by atoms with Crippen LogP contribution < -0.4 is 4.90 Å². The fourth-order valence-electron chi connectivity index (χ4n) is 5.55. The highest BCUT2D eigenvalue weighted by atomic mass is 35.5. The molecule has 200 valence electrons. The number of alkyl halides is 3. The molecule has 4 rings (SSSR count). The molecule has 3 aliphatic rings. The number of carbonyl (C=O) groups excluding carboxylic acids is 1.